The summed E-state index contributed by atoms with van der Waals surface area (Å²) >= 11 is 1.58. The number of phenols is 1. The molecule has 4 aromatic heterocycles. The van der Waals surface area contributed by atoms with Crippen LogP contribution in [0.25, 0.3) is 43.4 Å². The molecule has 6 saturated heterocycles. The zero-order chi connectivity index (χ0) is 61.3. The molecule has 0 radical (unpaired) electrons. The number of carbonyl (C=O) groups is 3. The third kappa shape index (κ3) is 11.2. The number of pyridine rings is 1. The van der Waals surface area contributed by atoms with Gasteiger partial charge in [-0.1, -0.05) is 68.4 Å². The number of piperazine rings is 2. The van der Waals surface area contributed by atoms with E-state index >= 15 is 4.39 Å². The molecule has 3 aromatic carbocycles. The number of carbonyl (C=O) groups excluding carboxylic acids is 3. The van der Waals surface area contributed by atoms with Crippen molar-refractivity contribution in [3.63, 3.8) is 0 Å². The van der Waals surface area contributed by atoms with Gasteiger partial charge in [-0.05, 0) is 125 Å². The van der Waals surface area contributed by atoms with Crippen LogP contribution in [0.5, 0.6) is 11.8 Å². The number of nitrogens with one attached hydrogen (secondary N) is 2. The molecule has 10 atom stereocenters. The van der Waals surface area contributed by atoms with Gasteiger partial charge in [-0.3, -0.25) is 19.5 Å². The van der Waals surface area contributed by atoms with Crippen LogP contribution in [-0.4, -0.2) is 168 Å². The molecule has 6 aliphatic rings. The molecule has 0 aliphatic carbocycles. The predicted octanol–water partition coefficient (Wildman–Crippen LogP) is 9.30. The van der Waals surface area contributed by atoms with Gasteiger partial charge in [0.1, 0.15) is 48.0 Å². The lowest BCUT2D eigenvalue weighted by atomic mass is 9.91. The van der Waals surface area contributed by atoms with Crippen molar-refractivity contribution < 1.29 is 43.0 Å². The number of benzene rings is 3. The van der Waals surface area contributed by atoms with Crippen LogP contribution in [0.3, 0.4) is 0 Å². The van der Waals surface area contributed by atoms with Crippen molar-refractivity contribution in [1.29, 1.82) is 0 Å². The van der Waals surface area contributed by atoms with Crippen molar-refractivity contribution in [2.75, 3.05) is 62.3 Å². The number of rotatable bonds is 16. The maximum atomic E-state index is 17.4. The van der Waals surface area contributed by atoms with Crippen LogP contribution < -0.4 is 25.2 Å². The Hall–Kier alpha value is -7.53. The molecule has 0 saturated carbocycles. The number of thiazole rings is 1. The summed E-state index contributed by atoms with van der Waals surface area (Å²) in [6.45, 7) is 17.3. The zero-order valence-corrected chi connectivity index (χ0v) is 51.9. The van der Waals surface area contributed by atoms with E-state index in [0.29, 0.717) is 73.0 Å². The minimum atomic E-state index is -0.873. The Kier molecular flexibility index (Phi) is 16.3. The summed E-state index contributed by atoms with van der Waals surface area (Å²) in [4.78, 5) is 72.7. The Bertz CT molecular complexity index is 3760. The normalized spacial score (nSPS) is 25.3. The van der Waals surface area contributed by atoms with E-state index in [-0.39, 0.29) is 96.6 Å². The number of fused-ring (bicyclic) bond motifs is 5. The van der Waals surface area contributed by atoms with Gasteiger partial charge in [-0.15, -0.1) is 11.3 Å². The summed E-state index contributed by atoms with van der Waals surface area (Å²) in [6, 6.07) is 18.0. The van der Waals surface area contributed by atoms with Gasteiger partial charge < -0.3 is 54.4 Å². The molecule has 0 spiro atoms. The molecule has 10 heterocycles. The number of anilines is 2. The highest BCUT2D eigenvalue weighted by molar-refractivity contribution is 7.13. The number of hydrogen-bond acceptors (Lipinski definition) is 18. The number of phenolic OH excluding ortho intramolecular Hbond substituents is 1. The Balaban J connectivity index is 0.650. The molecular weight excluding hydrogens is 1140 g/mol. The Morgan fingerprint density at radius 3 is 2.49 bits per heavy atom. The fourth-order valence-corrected chi connectivity index (χ4v) is 15.9. The molecule has 7 aromatic rings. The molecule has 88 heavy (non-hydrogen) atoms. The summed E-state index contributed by atoms with van der Waals surface area (Å²) in [7, 11) is 0. The number of likely N-dealkylation sites (tertiary alicyclic amines) is 1. The first-order chi connectivity index (χ1) is 42.4. The number of aromatic nitrogens is 5. The average Bonchev–Trinajstić information content (AvgIpc) is 1.05. The Labute approximate surface area is 515 Å². The van der Waals surface area contributed by atoms with E-state index in [4.69, 9.17) is 28.9 Å². The molecule has 2 bridgehead atoms. The number of ether oxygens (including phenoxy) is 2. The second-order valence-electron chi connectivity index (χ2n) is 25.8. The van der Waals surface area contributed by atoms with E-state index < -0.39 is 30.0 Å². The summed E-state index contributed by atoms with van der Waals surface area (Å²) in [6.07, 6.45) is 6.79. The first-order valence-corrected chi connectivity index (χ1v) is 32.3. The maximum Gasteiger partial charge on any atom is 0.410 e. The average molecular weight is 1220 g/mol. The molecular formula is C66H79FN12O8S. The molecule has 6 aliphatic heterocycles. The number of nitrogens with zero attached hydrogens (tertiary/aromatic N) is 10. The fraction of sp³-hybridized carbons (Fsp3) is 0.515. The standard InChI is InChI=1S/C66H79FN12O8S/c1-8-41-11-9-12-44-23-48(80)24-50(56(41)44)58-57(67)59-51(27-68-58)61(75-30-45-17-18-46(31-75)71-45)73-64(72-59)86-34-66-20-10-22-79(66)47(19-21-66)33-85-65(84)77-29-37(4)76(28-38(77)5)54-26-53(87-74-54)55(36(2)3)63(83)78-32-49(81)25-52(78)62(82)70-39(6)42-13-15-43(16-14-42)60-40(7)69-35-88-60/h9,11-16,23-24,26-27,35-39,45-47,49,52,55,71,80-81H,8,10,17-22,25,28-34H2,1-7H3,(H,70,82)/t37-,38+,39+,45?,46?,47+,49-,52+,55+,66-/m1/s1. The summed E-state index contributed by atoms with van der Waals surface area (Å²) in [5.74, 6) is -0.736. The van der Waals surface area contributed by atoms with Crippen LogP contribution in [0.1, 0.15) is 121 Å². The van der Waals surface area contributed by atoms with Gasteiger partial charge in [-0.25, -0.2) is 14.2 Å². The second kappa shape index (κ2) is 24.1. The van der Waals surface area contributed by atoms with Crippen LogP contribution >= 0.6 is 11.3 Å². The molecule has 4 N–H and O–H groups in total. The van der Waals surface area contributed by atoms with Gasteiger partial charge >= 0.3 is 12.1 Å². The second-order valence-corrected chi connectivity index (χ2v) is 26.7. The molecule has 22 heteroatoms. The maximum absolute atomic E-state index is 17.4. The first-order valence-electron chi connectivity index (χ1n) is 31.4. The van der Waals surface area contributed by atoms with Crippen molar-refractivity contribution in [2.45, 2.75) is 160 Å². The van der Waals surface area contributed by atoms with Gasteiger partial charge in [0.15, 0.2) is 17.4 Å². The van der Waals surface area contributed by atoms with E-state index in [2.05, 4.69) is 42.4 Å². The summed E-state index contributed by atoms with van der Waals surface area (Å²) in [5.41, 5.74) is 6.14. The van der Waals surface area contributed by atoms with E-state index in [1.807, 2.05) is 89.5 Å². The van der Waals surface area contributed by atoms with Gasteiger partial charge in [0.25, 0.3) is 0 Å². The lowest BCUT2D eigenvalue weighted by molar-refractivity contribution is -0.141. The molecule has 3 amide bonds. The third-order valence-electron chi connectivity index (χ3n) is 19.7. The van der Waals surface area contributed by atoms with Crippen molar-refractivity contribution in [2.24, 2.45) is 5.92 Å². The van der Waals surface area contributed by atoms with Crippen molar-refractivity contribution in [3.05, 3.63) is 101 Å². The summed E-state index contributed by atoms with van der Waals surface area (Å²) in [5, 5.41) is 35.2. The predicted molar refractivity (Wildman–Crippen MR) is 334 cm³/mol. The molecule has 6 fully saturated rings. The molecule has 464 valence electrons. The molecule has 2 unspecified atom stereocenters. The quantitative estimate of drug-likeness (QED) is 0.0706. The summed E-state index contributed by atoms with van der Waals surface area (Å²) < 4.78 is 36.3. The monoisotopic (exact) mass is 1220 g/mol. The lowest BCUT2D eigenvalue weighted by Crippen LogP contribution is -2.58. The van der Waals surface area contributed by atoms with Crippen LogP contribution in [0.4, 0.5) is 20.8 Å². The SMILES string of the molecule is CCc1cccc2cc(O)cc(-c3ncc4c(N5CC6CCC(C5)N6)nc(OC[C@]56CCCN5[C@H](COC(=O)N5C[C@@H](C)N(c7cc([C@@H](C(=O)N8C[C@H](O)C[C@H]8C(=O)N[C@@H](C)c8ccc(-c9scnc9C)cc8)C(C)C)on7)C[C@@H]5C)CC6)nc4c3F)c12. The van der Waals surface area contributed by atoms with Crippen molar-refractivity contribution in [1.82, 2.24) is 50.4 Å². The highest BCUT2D eigenvalue weighted by Gasteiger charge is 2.51. The minimum absolute atomic E-state index is 0.0186. The van der Waals surface area contributed by atoms with E-state index in [9.17, 15) is 24.6 Å². The molecule has 20 nitrogen and oxygen atoms in total. The van der Waals surface area contributed by atoms with Crippen LogP contribution in [0, 0.1) is 18.7 Å². The van der Waals surface area contributed by atoms with Gasteiger partial charge in [-0.2, -0.15) is 9.97 Å². The number of aryl methyl sites for hydroxylation is 2. The van der Waals surface area contributed by atoms with Crippen molar-refractivity contribution in [3.8, 4) is 33.5 Å². The first kappa shape index (κ1) is 59.4. The van der Waals surface area contributed by atoms with Gasteiger partial charge in [0, 0.05) is 87.2 Å². The third-order valence-corrected chi connectivity index (χ3v) is 20.6. The number of hydrogen-bond donors (Lipinski definition) is 4. The van der Waals surface area contributed by atoms with Gasteiger partial charge in [0.2, 0.25) is 11.8 Å². The Morgan fingerprint density at radius 1 is 0.943 bits per heavy atom. The number of β-amino-alcohol motifs (C(OH)–C–C–N with tert-alkyl or cyclic N) is 1. The van der Waals surface area contributed by atoms with Crippen LogP contribution in [0.2, 0.25) is 0 Å². The zero-order valence-electron chi connectivity index (χ0n) is 51.1. The topological polar surface area (TPSA) is 228 Å². The number of aliphatic hydroxyl groups is 1. The smallest absolute Gasteiger partial charge is 0.410 e. The number of aliphatic hydroxyl groups excluding tert-OH is 1. The number of aromatic hydroxyl groups is 1. The Morgan fingerprint density at radius 2 is 1.74 bits per heavy atom. The largest absolute Gasteiger partial charge is 0.508 e. The van der Waals surface area contributed by atoms with E-state index in [1.54, 1.807) is 40.6 Å². The fourth-order valence-electron chi connectivity index (χ4n) is 15.1. The van der Waals surface area contributed by atoms with Crippen molar-refractivity contribution >= 4 is 62.6 Å². The van der Waals surface area contributed by atoms with Gasteiger partial charge in [0.05, 0.1) is 39.2 Å². The lowest BCUT2D eigenvalue weighted by Gasteiger charge is -2.43. The van der Waals surface area contributed by atoms with Crippen LogP contribution in [0.15, 0.2) is 76.9 Å². The number of halogens is 1. The highest BCUT2D eigenvalue weighted by atomic mass is 32.1. The number of amides is 3. The molecule has 13 rings (SSSR count). The van der Waals surface area contributed by atoms with E-state index in [0.717, 1.165) is 83.1 Å². The minimum Gasteiger partial charge on any atom is -0.508 e. The highest BCUT2D eigenvalue weighted by Crippen LogP contribution is 2.45. The van der Waals surface area contributed by atoms with E-state index in [1.165, 1.54) is 4.90 Å². The van der Waals surface area contributed by atoms with Crippen LogP contribution in [-0.2, 0) is 20.7 Å².